The summed E-state index contributed by atoms with van der Waals surface area (Å²) in [6, 6.07) is 3.51. The lowest BCUT2D eigenvalue weighted by Gasteiger charge is -2.34. The van der Waals surface area contributed by atoms with Crippen molar-refractivity contribution in [1.82, 2.24) is 15.1 Å². The summed E-state index contributed by atoms with van der Waals surface area (Å²) in [5.74, 6) is 0.565. The Morgan fingerprint density at radius 2 is 2.12 bits per heavy atom. The van der Waals surface area contributed by atoms with Crippen molar-refractivity contribution in [1.29, 1.82) is 0 Å². The van der Waals surface area contributed by atoms with Crippen LogP contribution in [0.3, 0.4) is 0 Å². The van der Waals surface area contributed by atoms with E-state index < -0.39 is 0 Å². The largest absolute Gasteiger partial charge is 0.491 e. The van der Waals surface area contributed by atoms with Crippen molar-refractivity contribution < 1.29 is 14.3 Å². The molecule has 1 atom stereocenters. The number of hydrogen-bond acceptors (Lipinski definition) is 6. The molecule has 138 valence electrons. The van der Waals surface area contributed by atoms with E-state index in [1.807, 2.05) is 0 Å². The van der Waals surface area contributed by atoms with Crippen molar-refractivity contribution in [3.63, 3.8) is 0 Å². The molecule has 7 nitrogen and oxygen atoms in total. The summed E-state index contributed by atoms with van der Waals surface area (Å²) in [6.07, 6.45) is 0.698. The molecule has 0 aliphatic carbocycles. The molecular weight excluding hydrogens is 320 g/mol. The van der Waals surface area contributed by atoms with Gasteiger partial charge in [0.15, 0.2) is 0 Å². The molecule has 2 aliphatic rings. The van der Waals surface area contributed by atoms with Gasteiger partial charge in [-0.25, -0.2) is 0 Å². The Kier molecular flexibility index (Phi) is 5.78. The number of nitrogens with one attached hydrogen (secondary N) is 1. The van der Waals surface area contributed by atoms with Crippen LogP contribution in [0, 0.1) is 0 Å². The molecule has 0 saturated carbocycles. The first-order chi connectivity index (χ1) is 12.1. The molecule has 3 N–H and O–H groups in total. The summed E-state index contributed by atoms with van der Waals surface area (Å²) in [5.41, 5.74) is 8.06. The number of nitrogen functional groups attached to an aromatic ring is 1. The highest BCUT2D eigenvalue weighted by atomic mass is 16.5. The van der Waals surface area contributed by atoms with Crippen LogP contribution >= 0.6 is 0 Å². The monoisotopic (exact) mass is 348 g/mol. The van der Waals surface area contributed by atoms with Gasteiger partial charge in [0, 0.05) is 63.9 Å². The second-order valence-electron chi connectivity index (χ2n) is 6.78. The molecule has 0 unspecified atom stereocenters. The average molecular weight is 348 g/mol. The van der Waals surface area contributed by atoms with E-state index in [2.05, 4.69) is 22.2 Å². The number of nitrogens with zero attached hydrogens (tertiary/aromatic N) is 2. The summed E-state index contributed by atoms with van der Waals surface area (Å²) >= 11 is 0. The van der Waals surface area contributed by atoms with Crippen LogP contribution in [0.5, 0.6) is 5.75 Å². The minimum absolute atomic E-state index is 0.0227. The summed E-state index contributed by atoms with van der Waals surface area (Å²) < 4.78 is 11.1. The van der Waals surface area contributed by atoms with E-state index >= 15 is 0 Å². The first kappa shape index (κ1) is 18.0. The van der Waals surface area contributed by atoms with Crippen molar-refractivity contribution in [2.75, 3.05) is 65.8 Å². The van der Waals surface area contributed by atoms with Gasteiger partial charge in [0.2, 0.25) is 0 Å². The van der Waals surface area contributed by atoms with E-state index in [1.165, 1.54) is 0 Å². The molecule has 7 heteroatoms. The van der Waals surface area contributed by atoms with E-state index in [0.717, 1.165) is 44.7 Å². The summed E-state index contributed by atoms with van der Waals surface area (Å²) in [7, 11) is 3.84. The number of hydrogen-bond donors (Lipinski definition) is 2. The van der Waals surface area contributed by atoms with Gasteiger partial charge in [-0.3, -0.25) is 9.69 Å². The van der Waals surface area contributed by atoms with Gasteiger partial charge < -0.3 is 25.4 Å². The average Bonchev–Trinajstić information content (AvgIpc) is 3.11. The Labute approximate surface area is 149 Å². The number of amides is 1. The summed E-state index contributed by atoms with van der Waals surface area (Å²) in [4.78, 5) is 17.3. The van der Waals surface area contributed by atoms with Gasteiger partial charge in [0.25, 0.3) is 5.91 Å². The highest BCUT2D eigenvalue weighted by molar-refractivity contribution is 5.97. The maximum absolute atomic E-state index is 12.6. The van der Waals surface area contributed by atoms with Crippen LogP contribution in [0.2, 0.25) is 0 Å². The standard InChI is InChI=1S/C18H28N4O3/c1-21-6-8-22(9-7-21)12-13(24-2)11-20-18(23)15-3-4-16(19)17-14(15)5-10-25-17/h3-4,13H,5-12,19H2,1-2H3,(H,20,23)/t13-/m0/s1. The van der Waals surface area contributed by atoms with Crippen LogP contribution in [0.4, 0.5) is 5.69 Å². The molecule has 3 rings (SSSR count). The quantitative estimate of drug-likeness (QED) is 0.715. The molecule has 1 aromatic rings. The van der Waals surface area contributed by atoms with Crippen molar-refractivity contribution in [3.8, 4) is 5.75 Å². The van der Waals surface area contributed by atoms with Crippen molar-refractivity contribution >= 4 is 11.6 Å². The van der Waals surface area contributed by atoms with E-state index in [9.17, 15) is 4.79 Å². The number of likely N-dealkylation sites (N-methyl/N-ethyl adjacent to an activating group) is 1. The minimum Gasteiger partial charge on any atom is -0.491 e. The van der Waals surface area contributed by atoms with Gasteiger partial charge in [-0.2, -0.15) is 0 Å². The van der Waals surface area contributed by atoms with E-state index in [1.54, 1.807) is 19.2 Å². The van der Waals surface area contributed by atoms with Crippen molar-refractivity contribution in [2.24, 2.45) is 0 Å². The van der Waals surface area contributed by atoms with Gasteiger partial charge in [-0.1, -0.05) is 0 Å². The molecule has 25 heavy (non-hydrogen) atoms. The highest BCUT2D eigenvalue weighted by Crippen LogP contribution is 2.34. The number of benzene rings is 1. The third kappa shape index (κ3) is 4.23. The third-order valence-electron chi connectivity index (χ3n) is 5.02. The Morgan fingerprint density at radius 1 is 1.36 bits per heavy atom. The topological polar surface area (TPSA) is 80.1 Å². The van der Waals surface area contributed by atoms with E-state index in [0.29, 0.717) is 30.2 Å². The zero-order valence-electron chi connectivity index (χ0n) is 15.1. The van der Waals surface area contributed by atoms with Crippen LogP contribution < -0.4 is 15.8 Å². The van der Waals surface area contributed by atoms with Crippen molar-refractivity contribution in [2.45, 2.75) is 12.5 Å². The number of nitrogens with two attached hydrogens (primary N) is 1. The number of anilines is 1. The van der Waals surface area contributed by atoms with E-state index in [4.69, 9.17) is 15.2 Å². The SMILES string of the molecule is CO[C@@H](CNC(=O)c1ccc(N)c2c1CCO2)CN1CCN(C)CC1. The lowest BCUT2D eigenvalue weighted by atomic mass is 10.0. The van der Waals surface area contributed by atoms with Crippen LogP contribution in [0.1, 0.15) is 15.9 Å². The molecule has 0 bridgehead atoms. The number of carbonyl (C=O) groups excluding carboxylic acids is 1. The predicted molar refractivity (Wildman–Crippen MR) is 97.1 cm³/mol. The van der Waals surface area contributed by atoms with Crippen LogP contribution in [-0.2, 0) is 11.2 Å². The molecule has 1 fully saturated rings. The number of carbonyl (C=O) groups is 1. The van der Waals surface area contributed by atoms with Gasteiger partial charge in [-0.15, -0.1) is 0 Å². The van der Waals surface area contributed by atoms with Gasteiger partial charge in [0.1, 0.15) is 5.75 Å². The number of fused-ring (bicyclic) bond motifs is 1. The van der Waals surface area contributed by atoms with Crippen LogP contribution in [-0.4, -0.2) is 81.8 Å². The molecule has 1 amide bonds. The zero-order chi connectivity index (χ0) is 17.8. The highest BCUT2D eigenvalue weighted by Gasteiger charge is 2.24. The maximum atomic E-state index is 12.6. The molecule has 2 heterocycles. The van der Waals surface area contributed by atoms with Gasteiger partial charge in [0.05, 0.1) is 18.4 Å². The second kappa shape index (κ2) is 8.03. The minimum atomic E-state index is -0.0952. The first-order valence-corrected chi connectivity index (χ1v) is 8.84. The number of rotatable bonds is 6. The van der Waals surface area contributed by atoms with Crippen LogP contribution in [0.25, 0.3) is 0 Å². The molecule has 0 radical (unpaired) electrons. The Morgan fingerprint density at radius 3 is 2.84 bits per heavy atom. The molecule has 1 aromatic carbocycles. The fourth-order valence-electron chi connectivity index (χ4n) is 3.38. The maximum Gasteiger partial charge on any atom is 0.251 e. The summed E-state index contributed by atoms with van der Waals surface area (Å²) in [6.45, 7) is 6.10. The number of methoxy groups -OCH3 is 1. The third-order valence-corrected chi connectivity index (χ3v) is 5.02. The van der Waals surface area contributed by atoms with E-state index in [-0.39, 0.29) is 12.0 Å². The van der Waals surface area contributed by atoms with Crippen LogP contribution in [0.15, 0.2) is 12.1 Å². The molecular formula is C18H28N4O3. The molecule has 1 saturated heterocycles. The normalized spacial score (nSPS) is 19.3. The fourth-order valence-corrected chi connectivity index (χ4v) is 3.38. The number of piperazine rings is 1. The Balaban J connectivity index is 1.55. The van der Waals surface area contributed by atoms with Gasteiger partial charge >= 0.3 is 0 Å². The Bertz CT molecular complexity index is 615. The smallest absolute Gasteiger partial charge is 0.251 e. The Hall–Kier alpha value is -1.83. The predicted octanol–water partition coefficient (Wildman–Crippen LogP) is 0.196. The summed E-state index contributed by atoms with van der Waals surface area (Å²) in [5, 5.41) is 3.00. The number of ether oxygens (including phenoxy) is 2. The fraction of sp³-hybridized carbons (Fsp3) is 0.611. The molecule has 0 aromatic heterocycles. The molecule has 0 spiro atoms. The second-order valence-corrected chi connectivity index (χ2v) is 6.78. The zero-order valence-corrected chi connectivity index (χ0v) is 15.1. The van der Waals surface area contributed by atoms with Crippen molar-refractivity contribution in [3.05, 3.63) is 23.3 Å². The lowest BCUT2D eigenvalue weighted by Crippen LogP contribution is -2.49. The lowest BCUT2D eigenvalue weighted by molar-refractivity contribution is 0.0455. The van der Waals surface area contributed by atoms with Gasteiger partial charge in [-0.05, 0) is 19.2 Å². The first-order valence-electron chi connectivity index (χ1n) is 8.84. The molecule has 2 aliphatic heterocycles.